The van der Waals surface area contributed by atoms with Gasteiger partial charge in [0.1, 0.15) is 0 Å². The van der Waals surface area contributed by atoms with Gasteiger partial charge in [0.2, 0.25) is 5.91 Å². The van der Waals surface area contributed by atoms with Crippen LogP contribution in [0.4, 0.5) is 0 Å². The Labute approximate surface area is 147 Å². The third-order valence-electron chi connectivity index (χ3n) is 4.00. The minimum atomic E-state index is -0.141. The predicted octanol–water partition coefficient (Wildman–Crippen LogP) is 4.16. The van der Waals surface area contributed by atoms with Crippen LogP contribution in [0.5, 0.6) is 0 Å². The molecular weight excluding hydrogens is 310 g/mol. The van der Waals surface area contributed by atoms with Crippen LogP contribution in [0.2, 0.25) is 0 Å². The third kappa shape index (κ3) is 4.29. The third-order valence-corrected chi connectivity index (χ3v) is 4.00. The number of aromatic nitrogens is 2. The molecule has 0 bridgehead atoms. The molecule has 0 aliphatic carbocycles. The van der Waals surface area contributed by atoms with Crippen LogP contribution in [0, 0.1) is 5.92 Å². The van der Waals surface area contributed by atoms with Gasteiger partial charge in [0.05, 0.1) is 29.0 Å². The van der Waals surface area contributed by atoms with Gasteiger partial charge in [-0.2, -0.15) is 0 Å². The summed E-state index contributed by atoms with van der Waals surface area (Å²) in [4.78, 5) is 21.2. The molecule has 1 atom stereocenters. The Kier molecular flexibility index (Phi) is 5.19. The molecule has 0 saturated heterocycles. The van der Waals surface area contributed by atoms with Gasteiger partial charge in [0.25, 0.3) is 0 Å². The molecule has 0 aliphatic rings. The summed E-state index contributed by atoms with van der Waals surface area (Å²) in [7, 11) is 0. The second-order valence-corrected chi connectivity index (χ2v) is 6.26. The van der Waals surface area contributed by atoms with Crippen molar-refractivity contribution >= 4 is 23.0 Å². The number of benzene rings is 2. The van der Waals surface area contributed by atoms with E-state index >= 15 is 0 Å². The molecule has 2 aromatic carbocycles. The zero-order valence-corrected chi connectivity index (χ0v) is 14.4. The molecule has 0 radical (unpaired) electrons. The van der Waals surface area contributed by atoms with Crippen LogP contribution >= 0.6 is 0 Å². The Morgan fingerprint density at radius 2 is 1.68 bits per heavy atom. The molecule has 4 heteroatoms. The van der Waals surface area contributed by atoms with E-state index in [4.69, 9.17) is 0 Å². The summed E-state index contributed by atoms with van der Waals surface area (Å²) < 4.78 is 0. The maximum absolute atomic E-state index is 12.3. The maximum Gasteiger partial charge on any atom is 0.244 e. The van der Waals surface area contributed by atoms with E-state index in [-0.39, 0.29) is 11.9 Å². The monoisotopic (exact) mass is 331 g/mol. The van der Waals surface area contributed by atoms with Gasteiger partial charge in [-0.3, -0.25) is 9.78 Å². The van der Waals surface area contributed by atoms with Crippen LogP contribution in [-0.4, -0.2) is 15.9 Å². The van der Waals surface area contributed by atoms with E-state index in [1.54, 1.807) is 12.3 Å². The lowest BCUT2D eigenvalue weighted by Crippen LogP contribution is -2.30. The second kappa shape index (κ2) is 7.71. The summed E-state index contributed by atoms with van der Waals surface area (Å²) in [6, 6.07) is 17.6. The van der Waals surface area contributed by atoms with Crippen molar-refractivity contribution in [1.82, 2.24) is 15.3 Å². The summed E-state index contributed by atoms with van der Waals surface area (Å²) in [5.74, 6) is 0.151. The number of nitrogens with zero attached hydrogens (tertiary/aromatic N) is 2. The van der Waals surface area contributed by atoms with Crippen molar-refractivity contribution in [1.29, 1.82) is 0 Å². The van der Waals surface area contributed by atoms with Gasteiger partial charge in [-0.05, 0) is 29.7 Å². The minimum absolute atomic E-state index is 0.0268. The molecule has 4 nitrogen and oxygen atoms in total. The predicted molar refractivity (Wildman–Crippen MR) is 101 cm³/mol. The van der Waals surface area contributed by atoms with Gasteiger partial charge in [-0.15, -0.1) is 0 Å². The molecular formula is C21H21N3O. The van der Waals surface area contributed by atoms with Gasteiger partial charge < -0.3 is 5.32 Å². The molecule has 126 valence electrons. The molecule has 3 aromatic rings. The van der Waals surface area contributed by atoms with E-state index in [1.807, 2.05) is 54.6 Å². The highest BCUT2D eigenvalue weighted by molar-refractivity contribution is 5.92. The number of rotatable bonds is 5. The Morgan fingerprint density at radius 3 is 2.40 bits per heavy atom. The standard InChI is InChI=1S/C21H21N3O/c1-15(2)21(16-8-4-3-5-9-16)24-20(25)13-12-17-14-22-18-10-6-7-11-19(18)23-17/h3-15,21H,1-2H3,(H,24,25)/b13-12+. The number of hydrogen-bond donors (Lipinski definition) is 1. The number of fused-ring (bicyclic) bond motifs is 1. The molecule has 0 aliphatic heterocycles. The van der Waals surface area contributed by atoms with Crippen molar-refractivity contribution in [3.63, 3.8) is 0 Å². The van der Waals surface area contributed by atoms with Gasteiger partial charge in [0, 0.05) is 6.08 Å². The van der Waals surface area contributed by atoms with E-state index in [1.165, 1.54) is 6.08 Å². The fourth-order valence-electron chi connectivity index (χ4n) is 2.71. The number of carbonyl (C=O) groups excluding carboxylic acids is 1. The molecule has 3 rings (SSSR count). The van der Waals surface area contributed by atoms with Crippen molar-refractivity contribution in [3.8, 4) is 0 Å². The fraction of sp³-hybridized carbons (Fsp3) is 0.190. The zero-order chi connectivity index (χ0) is 17.6. The van der Waals surface area contributed by atoms with E-state index in [2.05, 4.69) is 29.1 Å². The Balaban J connectivity index is 1.72. The normalized spacial score (nSPS) is 12.6. The lowest BCUT2D eigenvalue weighted by atomic mass is 9.96. The Hall–Kier alpha value is -3.01. The lowest BCUT2D eigenvalue weighted by molar-refractivity contribution is -0.117. The molecule has 1 unspecified atom stereocenters. The van der Waals surface area contributed by atoms with E-state index in [9.17, 15) is 4.79 Å². The van der Waals surface area contributed by atoms with Crippen LogP contribution in [0.1, 0.15) is 31.1 Å². The van der Waals surface area contributed by atoms with Crippen LogP contribution in [0.15, 0.2) is 66.9 Å². The summed E-state index contributed by atoms with van der Waals surface area (Å²) in [5, 5.41) is 3.07. The van der Waals surface area contributed by atoms with Gasteiger partial charge in [-0.1, -0.05) is 56.3 Å². The second-order valence-electron chi connectivity index (χ2n) is 6.26. The van der Waals surface area contributed by atoms with Crippen molar-refractivity contribution in [2.45, 2.75) is 19.9 Å². The first-order valence-electron chi connectivity index (χ1n) is 8.39. The van der Waals surface area contributed by atoms with Crippen molar-refractivity contribution in [2.75, 3.05) is 0 Å². The highest BCUT2D eigenvalue weighted by atomic mass is 16.1. The number of hydrogen-bond acceptors (Lipinski definition) is 3. The van der Waals surface area contributed by atoms with E-state index in [0.29, 0.717) is 11.6 Å². The van der Waals surface area contributed by atoms with Gasteiger partial charge in [-0.25, -0.2) is 4.98 Å². The Bertz CT molecular complexity index is 888. The van der Waals surface area contributed by atoms with Crippen molar-refractivity contribution in [3.05, 3.63) is 78.1 Å². The molecule has 1 N–H and O–H groups in total. The quantitative estimate of drug-likeness (QED) is 0.714. The summed E-state index contributed by atoms with van der Waals surface area (Å²) >= 11 is 0. The fourth-order valence-corrected chi connectivity index (χ4v) is 2.71. The number of carbonyl (C=O) groups is 1. The van der Waals surface area contributed by atoms with Crippen LogP contribution < -0.4 is 5.32 Å². The first-order valence-corrected chi connectivity index (χ1v) is 8.39. The summed E-state index contributed by atoms with van der Waals surface area (Å²) in [6.07, 6.45) is 4.87. The van der Waals surface area contributed by atoms with Crippen molar-refractivity contribution in [2.24, 2.45) is 5.92 Å². The molecule has 0 saturated carbocycles. The maximum atomic E-state index is 12.3. The first kappa shape index (κ1) is 16.8. The summed E-state index contributed by atoms with van der Waals surface area (Å²) in [5.41, 5.74) is 3.42. The minimum Gasteiger partial charge on any atom is -0.345 e. The van der Waals surface area contributed by atoms with E-state index in [0.717, 1.165) is 16.6 Å². The molecule has 1 aromatic heterocycles. The van der Waals surface area contributed by atoms with Crippen LogP contribution in [0.25, 0.3) is 17.1 Å². The first-order chi connectivity index (χ1) is 12.1. The zero-order valence-electron chi connectivity index (χ0n) is 14.4. The highest BCUT2D eigenvalue weighted by Gasteiger charge is 2.16. The molecule has 1 heterocycles. The van der Waals surface area contributed by atoms with Gasteiger partial charge >= 0.3 is 0 Å². The lowest BCUT2D eigenvalue weighted by Gasteiger charge is -2.22. The number of amides is 1. The SMILES string of the molecule is CC(C)C(NC(=O)/C=C/c1cnc2ccccc2n1)c1ccccc1. The number of nitrogens with one attached hydrogen (secondary N) is 1. The highest BCUT2D eigenvalue weighted by Crippen LogP contribution is 2.21. The van der Waals surface area contributed by atoms with Crippen LogP contribution in [0.3, 0.4) is 0 Å². The molecule has 0 spiro atoms. The van der Waals surface area contributed by atoms with Crippen LogP contribution in [-0.2, 0) is 4.79 Å². The average molecular weight is 331 g/mol. The molecule has 0 fully saturated rings. The molecule has 25 heavy (non-hydrogen) atoms. The number of para-hydroxylation sites is 2. The Morgan fingerprint density at radius 1 is 1.00 bits per heavy atom. The average Bonchev–Trinajstić information content (AvgIpc) is 2.64. The van der Waals surface area contributed by atoms with Gasteiger partial charge in [0.15, 0.2) is 0 Å². The topological polar surface area (TPSA) is 54.9 Å². The summed E-state index contributed by atoms with van der Waals surface area (Å²) in [6.45, 7) is 4.19. The smallest absolute Gasteiger partial charge is 0.244 e. The van der Waals surface area contributed by atoms with E-state index < -0.39 is 0 Å². The van der Waals surface area contributed by atoms with Crippen molar-refractivity contribution < 1.29 is 4.79 Å². The molecule has 1 amide bonds. The largest absolute Gasteiger partial charge is 0.345 e.